The summed E-state index contributed by atoms with van der Waals surface area (Å²) in [5, 5.41) is 8.85. The van der Waals surface area contributed by atoms with Crippen molar-refractivity contribution in [2.75, 3.05) is 12.4 Å². The van der Waals surface area contributed by atoms with E-state index in [2.05, 4.69) is 18.7 Å². The van der Waals surface area contributed by atoms with Gasteiger partial charge in [-0.1, -0.05) is 0 Å². The lowest BCUT2D eigenvalue weighted by Gasteiger charge is -2.12. The molecule has 17 heavy (non-hydrogen) atoms. The van der Waals surface area contributed by atoms with Crippen LogP contribution >= 0.6 is 12.6 Å². The number of hydrogen-bond donors (Lipinski definition) is 1. The normalized spacial score (nSPS) is 10.0. The molecule has 0 saturated heterocycles. The van der Waals surface area contributed by atoms with Crippen LogP contribution in [0.4, 0.5) is 0 Å². The van der Waals surface area contributed by atoms with E-state index in [-0.39, 0.29) is 0 Å². The number of nitriles is 1. The molecule has 0 radical (unpaired) electrons. The molecule has 0 saturated carbocycles. The van der Waals surface area contributed by atoms with Crippen molar-refractivity contribution in [3.8, 4) is 11.8 Å². The molecule has 92 valence electrons. The van der Waals surface area contributed by atoms with Gasteiger partial charge in [-0.05, 0) is 62.1 Å². The number of benzene rings is 1. The van der Waals surface area contributed by atoms with E-state index < -0.39 is 0 Å². The van der Waals surface area contributed by atoms with E-state index >= 15 is 0 Å². The summed E-state index contributed by atoms with van der Waals surface area (Å²) in [6.45, 7) is 4.70. The molecular weight excluding hydrogens is 230 g/mol. The van der Waals surface area contributed by atoms with Gasteiger partial charge in [0, 0.05) is 0 Å². The molecule has 1 aromatic rings. The largest absolute Gasteiger partial charge is 0.493 e. The zero-order valence-electron chi connectivity index (χ0n) is 10.5. The third kappa shape index (κ3) is 4.32. The lowest BCUT2D eigenvalue weighted by molar-refractivity contribution is 0.302. The minimum absolute atomic E-state index is 0.697. The van der Waals surface area contributed by atoms with Crippen LogP contribution in [0.5, 0.6) is 5.75 Å². The van der Waals surface area contributed by atoms with Gasteiger partial charge < -0.3 is 4.74 Å². The number of unbranched alkanes of at least 4 members (excludes halogenated alkanes) is 2. The van der Waals surface area contributed by atoms with Gasteiger partial charge in [0.25, 0.3) is 0 Å². The fourth-order valence-corrected chi connectivity index (χ4v) is 2.03. The Bertz CT molecular complexity index is 386. The van der Waals surface area contributed by atoms with Crippen LogP contribution < -0.4 is 4.74 Å². The summed E-state index contributed by atoms with van der Waals surface area (Å²) >= 11 is 4.18. The molecule has 0 aliphatic heterocycles. The van der Waals surface area contributed by atoms with Crippen molar-refractivity contribution >= 4 is 12.6 Å². The maximum atomic E-state index is 8.85. The Morgan fingerprint density at radius 3 is 2.35 bits per heavy atom. The average Bonchev–Trinajstić information content (AvgIpc) is 2.31. The zero-order chi connectivity index (χ0) is 12.7. The first-order valence-electron chi connectivity index (χ1n) is 5.94. The topological polar surface area (TPSA) is 33.0 Å². The van der Waals surface area contributed by atoms with Crippen LogP contribution in [0.3, 0.4) is 0 Å². The highest BCUT2D eigenvalue weighted by atomic mass is 32.1. The predicted octanol–water partition coefficient (Wildman–Crippen LogP) is 3.65. The molecule has 0 amide bonds. The number of aryl methyl sites for hydroxylation is 2. The highest BCUT2D eigenvalue weighted by Crippen LogP contribution is 2.24. The van der Waals surface area contributed by atoms with Crippen molar-refractivity contribution in [1.29, 1.82) is 5.26 Å². The van der Waals surface area contributed by atoms with Crippen LogP contribution in [0, 0.1) is 25.2 Å². The van der Waals surface area contributed by atoms with Gasteiger partial charge in [-0.15, -0.1) is 0 Å². The first kappa shape index (κ1) is 13.9. The van der Waals surface area contributed by atoms with Gasteiger partial charge in [-0.25, -0.2) is 0 Å². The molecule has 0 fully saturated rings. The number of ether oxygens (including phenoxy) is 1. The summed E-state index contributed by atoms with van der Waals surface area (Å²) in [5.74, 6) is 1.87. The highest BCUT2D eigenvalue weighted by molar-refractivity contribution is 7.80. The summed E-state index contributed by atoms with van der Waals surface area (Å²) in [6.07, 6.45) is 3.34. The third-order valence-electron chi connectivity index (χ3n) is 2.64. The molecule has 0 aromatic heterocycles. The van der Waals surface area contributed by atoms with Crippen LogP contribution in [0.2, 0.25) is 0 Å². The first-order valence-corrected chi connectivity index (χ1v) is 6.57. The quantitative estimate of drug-likeness (QED) is 0.616. The van der Waals surface area contributed by atoms with Crippen molar-refractivity contribution in [2.24, 2.45) is 0 Å². The Balaban J connectivity index is 2.57. The Morgan fingerprint density at radius 1 is 1.18 bits per heavy atom. The molecule has 3 heteroatoms. The van der Waals surface area contributed by atoms with Gasteiger partial charge in [0.1, 0.15) is 5.75 Å². The second kappa shape index (κ2) is 7.24. The van der Waals surface area contributed by atoms with Crippen molar-refractivity contribution in [3.63, 3.8) is 0 Å². The highest BCUT2D eigenvalue weighted by Gasteiger charge is 2.06. The molecule has 0 spiro atoms. The lowest BCUT2D eigenvalue weighted by Crippen LogP contribution is -2.01. The van der Waals surface area contributed by atoms with Crippen molar-refractivity contribution in [3.05, 3.63) is 28.8 Å². The maximum Gasteiger partial charge on any atom is 0.125 e. The SMILES string of the molecule is Cc1cc(C#N)cc(C)c1OCCCCCS. The van der Waals surface area contributed by atoms with E-state index in [0.29, 0.717) is 5.56 Å². The van der Waals surface area contributed by atoms with Crippen LogP contribution in [0.15, 0.2) is 12.1 Å². The van der Waals surface area contributed by atoms with E-state index in [1.165, 1.54) is 0 Å². The van der Waals surface area contributed by atoms with E-state index in [0.717, 1.165) is 48.5 Å². The fraction of sp³-hybridized carbons (Fsp3) is 0.500. The summed E-state index contributed by atoms with van der Waals surface area (Å²) in [5.41, 5.74) is 2.77. The van der Waals surface area contributed by atoms with E-state index in [1.54, 1.807) is 0 Å². The number of hydrogen-bond acceptors (Lipinski definition) is 3. The summed E-state index contributed by atoms with van der Waals surface area (Å²) in [4.78, 5) is 0. The van der Waals surface area contributed by atoms with Crippen LogP contribution in [-0.4, -0.2) is 12.4 Å². The predicted molar refractivity (Wildman–Crippen MR) is 73.8 cm³/mol. The van der Waals surface area contributed by atoms with Gasteiger partial charge in [0.15, 0.2) is 0 Å². The molecule has 0 atom stereocenters. The molecule has 2 nitrogen and oxygen atoms in total. The zero-order valence-corrected chi connectivity index (χ0v) is 11.4. The molecule has 1 aromatic carbocycles. The smallest absolute Gasteiger partial charge is 0.125 e. The van der Waals surface area contributed by atoms with E-state index in [1.807, 2.05) is 26.0 Å². The molecule has 0 heterocycles. The molecule has 0 unspecified atom stereocenters. The van der Waals surface area contributed by atoms with E-state index in [4.69, 9.17) is 10.00 Å². The minimum atomic E-state index is 0.697. The Hall–Kier alpha value is -1.14. The maximum absolute atomic E-state index is 8.85. The first-order chi connectivity index (χ1) is 8.19. The molecule has 0 bridgehead atoms. The van der Waals surface area contributed by atoms with Crippen molar-refractivity contribution in [2.45, 2.75) is 33.1 Å². The van der Waals surface area contributed by atoms with Crippen molar-refractivity contribution in [1.82, 2.24) is 0 Å². The van der Waals surface area contributed by atoms with Gasteiger partial charge in [-0.3, -0.25) is 0 Å². The molecule has 0 N–H and O–H groups in total. The number of thiol groups is 1. The van der Waals surface area contributed by atoms with Gasteiger partial charge in [0.2, 0.25) is 0 Å². The van der Waals surface area contributed by atoms with Crippen molar-refractivity contribution < 1.29 is 4.74 Å². The Kier molecular flexibility index (Phi) is 5.93. The van der Waals surface area contributed by atoms with Crippen LogP contribution in [0.1, 0.15) is 36.0 Å². The van der Waals surface area contributed by atoms with Gasteiger partial charge in [-0.2, -0.15) is 17.9 Å². The van der Waals surface area contributed by atoms with Crippen LogP contribution in [-0.2, 0) is 0 Å². The molecule has 0 aliphatic carbocycles. The van der Waals surface area contributed by atoms with E-state index in [9.17, 15) is 0 Å². The second-order valence-electron chi connectivity index (χ2n) is 4.18. The summed E-state index contributed by atoms with van der Waals surface area (Å²) in [7, 11) is 0. The fourth-order valence-electron chi connectivity index (χ4n) is 1.81. The Labute approximate surface area is 109 Å². The number of nitrogens with zero attached hydrogens (tertiary/aromatic N) is 1. The second-order valence-corrected chi connectivity index (χ2v) is 4.63. The lowest BCUT2D eigenvalue weighted by atomic mass is 10.1. The van der Waals surface area contributed by atoms with Crippen LogP contribution in [0.25, 0.3) is 0 Å². The van der Waals surface area contributed by atoms with Gasteiger partial charge in [0.05, 0.1) is 18.2 Å². The monoisotopic (exact) mass is 249 g/mol. The summed E-state index contributed by atoms with van der Waals surface area (Å²) < 4.78 is 5.78. The Morgan fingerprint density at radius 2 is 1.82 bits per heavy atom. The molecule has 0 aliphatic rings. The summed E-state index contributed by atoms with van der Waals surface area (Å²) in [6, 6.07) is 5.90. The third-order valence-corrected chi connectivity index (χ3v) is 2.95. The molecule has 1 rings (SSSR count). The minimum Gasteiger partial charge on any atom is -0.493 e. The van der Waals surface area contributed by atoms with Gasteiger partial charge >= 0.3 is 0 Å². The number of rotatable bonds is 6. The molecular formula is C14H19NOS. The standard InChI is InChI=1S/C14H19NOS/c1-11-8-13(10-15)9-12(2)14(11)16-6-4-3-5-7-17/h8-9,17H,3-7H2,1-2H3. The average molecular weight is 249 g/mol.